The van der Waals surface area contributed by atoms with E-state index in [0.29, 0.717) is 10.8 Å². The molecule has 98 valence electrons. The van der Waals surface area contributed by atoms with E-state index in [1.165, 1.54) is 38.5 Å². The molecule has 1 aliphatic rings. The largest absolute Gasteiger partial charge is 0.0818 e. The van der Waals surface area contributed by atoms with Gasteiger partial charge in [0.05, 0.1) is 0 Å². The Morgan fingerprint density at radius 3 is 1.06 bits per heavy atom. The Bertz CT molecular complexity index is 170. The highest BCUT2D eigenvalue weighted by Crippen LogP contribution is 2.46. The maximum absolute atomic E-state index is 2.53. The molecule has 0 radical (unpaired) electrons. The van der Waals surface area contributed by atoms with Crippen molar-refractivity contribution in [3.63, 3.8) is 0 Å². The van der Waals surface area contributed by atoms with Crippen molar-refractivity contribution in [1.29, 1.82) is 0 Å². The van der Waals surface area contributed by atoms with Crippen LogP contribution >= 0.6 is 0 Å². The molecule has 1 aliphatic carbocycles. The maximum atomic E-state index is 2.53. The molecule has 0 bridgehead atoms. The summed E-state index contributed by atoms with van der Waals surface area (Å²) in [7, 11) is 0. The Balaban J connectivity index is 0. The second kappa shape index (κ2) is 7.14. The fourth-order valence-corrected chi connectivity index (χ4v) is 2.70. The maximum Gasteiger partial charge on any atom is -0.0123 e. The van der Waals surface area contributed by atoms with Crippen LogP contribution in [0, 0.1) is 10.8 Å². The Kier molecular flexibility index (Phi) is 8.09. The average molecular weight is 226 g/mol. The molecule has 0 spiro atoms. The van der Waals surface area contributed by atoms with Crippen LogP contribution in [0.25, 0.3) is 0 Å². The Hall–Kier alpha value is -0.260. The highest BCUT2D eigenvalue weighted by Gasteiger charge is 2.34. The standard InChI is InChI=1S/C14H26.2CH4/c1-5-13(6-2)9-11-14(7-3,8-4)12-10-13;;/h9,11H,5-8,10,12H2,1-4H3;2*1H4. The minimum Gasteiger partial charge on any atom is -0.0818 e. The first-order valence-corrected chi connectivity index (χ1v) is 6.36. The summed E-state index contributed by atoms with van der Waals surface area (Å²) in [6.07, 6.45) is 13.1. The van der Waals surface area contributed by atoms with Crippen molar-refractivity contribution in [1.82, 2.24) is 0 Å². The van der Waals surface area contributed by atoms with Crippen LogP contribution in [0.15, 0.2) is 12.2 Å². The van der Waals surface area contributed by atoms with Gasteiger partial charge in [0.25, 0.3) is 0 Å². The van der Waals surface area contributed by atoms with E-state index in [1.54, 1.807) is 0 Å². The number of allylic oxidation sites excluding steroid dienone is 2. The van der Waals surface area contributed by atoms with Gasteiger partial charge in [-0.05, 0) is 49.4 Å². The lowest BCUT2D eigenvalue weighted by molar-refractivity contribution is 0.206. The van der Waals surface area contributed by atoms with E-state index >= 15 is 0 Å². The molecule has 0 aromatic heterocycles. The summed E-state index contributed by atoms with van der Waals surface area (Å²) in [5, 5.41) is 0. The fourth-order valence-electron chi connectivity index (χ4n) is 2.70. The summed E-state index contributed by atoms with van der Waals surface area (Å²) in [5.74, 6) is 0. The summed E-state index contributed by atoms with van der Waals surface area (Å²) < 4.78 is 0. The van der Waals surface area contributed by atoms with Crippen LogP contribution < -0.4 is 0 Å². The first-order chi connectivity index (χ1) is 6.66. The molecule has 0 N–H and O–H groups in total. The molecule has 0 heterocycles. The monoisotopic (exact) mass is 226 g/mol. The Morgan fingerprint density at radius 1 is 0.688 bits per heavy atom. The second-order valence-electron chi connectivity index (χ2n) is 4.97. The van der Waals surface area contributed by atoms with E-state index < -0.39 is 0 Å². The van der Waals surface area contributed by atoms with Gasteiger partial charge in [0.2, 0.25) is 0 Å². The van der Waals surface area contributed by atoms with Gasteiger partial charge in [-0.2, -0.15) is 0 Å². The molecule has 0 amide bonds. The first-order valence-electron chi connectivity index (χ1n) is 6.36. The average Bonchev–Trinajstić information content (AvgIpc) is 2.29. The van der Waals surface area contributed by atoms with Crippen molar-refractivity contribution >= 4 is 0 Å². The van der Waals surface area contributed by atoms with Gasteiger partial charge in [-0.25, -0.2) is 0 Å². The summed E-state index contributed by atoms with van der Waals surface area (Å²) >= 11 is 0. The van der Waals surface area contributed by atoms with Crippen molar-refractivity contribution in [3.05, 3.63) is 12.2 Å². The molecular weight excluding hydrogens is 192 g/mol. The SMILES string of the molecule is C.C.CCC1(CC)C=CC(CC)(CC)CC1. The van der Waals surface area contributed by atoms with Gasteiger partial charge in [-0.3, -0.25) is 0 Å². The Morgan fingerprint density at radius 2 is 0.938 bits per heavy atom. The van der Waals surface area contributed by atoms with Gasteiger partial charge in [-0.15, -0.1) is 0 Å². The molecule has 1 rings (SSSR count). The molecule has 0 nitrogen and oxygen atoms in total. The second-order valence-corrected chi connectivity index (χ2v) is 4.97. The summed E-state index contributed by atoms with van der Waals surface area (Å²) in [6.45, 7) is 9.33. The normalized spacial score (nSPS) is 20.8. The van der Waals surface area contributed by atoms with Crippen LogP contribution in [0.4, 0.5) is 0 Å². The molecule has 0 aromatic carbocycles. The van der Waals surface area contributed by atoms with Crippen LogP contribution in [-0.4, -0.2) is 0 Å². The molecule has 0 unspecified atom stereocenters. The third kappa shape index (κ3) is 3.37. The van der Waals surface area contributed by atoms with Crippen LogP contribution in [0.3, 0.4) is 0 Å². The van der Waals surface area contributed by atoms with Crippen LogP contribution in [0.5, 0.6) is 0 Å². The van der Waals surface area contributed by atoms with E-state index in [1.807, 2.05) is 0 Å². The topological polar surface area (TPSA) is 0 Å². The number of rotatable bonds is 4. The molecule has 0 aliphatic heterocycles. The highest BCUT2D eigenvalue weighted by atomic mass is 14.4. The van der Waals surface area contributed by atoms with E-state index in [0.717, 1.165) is 0 Å². The van der Waals surface area contributed by atoms with Crippen LogP contribution in [0.2, 0.25) is 0 Å². The lowest BCUT2D eigenvalue weighted by atomic mass is 9.65. The van der Waals surface area contributed by atoms with E-state index in [4.69, 9.17) is 0 Å². The minimum atomic E-state index is 0. The van der Waals surface area contributed by atoms with Gasteiger partial charge >= 0.3 is 0 Å². The van der Waals surface area contributed by atoms with Crippen molar-refractivity contribution in [3.8, 4) is 0 Å². The summed E-state index contributed by atoms with van der Waals surface area (Å²) in [6, 6.07) is 0. The zero-order valence-electron chi connectivity index (χ0n) is 10.4. The van der Waals surface area contributed by atoms with Crippen LogP contribution in [-0.2, 0) is 0 Å². The van der Waals surface area contributed by atoms with Gasteiger partial charge in [0.15, 0.2) is 0 Å². The van der Waals surface area contributed by atoms with E-state index in [-0.39, 0.29) is 14.9 Å². The van der Waals surface area contributed by atoms with Gasteiger partial charge < -0.3 is 0 Å². The minimum absolute atomic E-state index is 0. The van der Waals surface area contributed by atoms with Gasteiger partial charge in [-0.1, -0.05) is 54.7 Å². The quantitative estimate of drug-likeness (QED) is 0.499. The molecule has 0 aromatic rings. The summed E-state index contributed by atoms with van der Waals surface area (Å²) in [4.78, 5) is 0. The van der Waals surface area contributed by atoms with Crippen molar-refractivity contribution in [2.24, 2.45) is 10.8 Å². The smallest absolute Gasteiger partial charge is 0.0123 e. The summed E-state index contributed by atoms with van der Waals surface area (Å²) in [5.41, 5.74) is 1.07. The lowest BCUT2D eigenvalue weighted by Gasteiger charge is -2.40. The van der Waals surface area contributed by atoms with Crippen molar-refractivity contribution < 1.29 is 0 Å². The highest BCUT2D eigenvalue weighted by molar-refractivity contribution is 5.11. The zero-order valence-corrected chi connectivity index (χ0v) is 10.4. The van der Waals surface area contributed by atoms with Crippen molar-refractivity contribution in [2.75, 3.05) is 0 Å². The third-order valence-corrected chi connectivity index (χ3v) is 4.73. The molecule has 0 heteroatoms. The molecule has 0 fully saturated rings. The predicted molar refractivity (Wildman–Crippen MR) is 77.9 cm³/mol. The Labute approximate surface area is 105 Å². The predicted octanol–water partition coefficient (Wildman–Crippen LogP) is 6.22. The molecule has 0 saturated heterocycles. The van der Waals surface area contributed by atoms with Crippen LogP contribution in [0.1, 0.15) is 81.1 Å². The molecular formula is C16H34. The zero-order chi connectivity index (χ0) is 10.7. The number of hydrogen-bond acceptors (Lipinski definition) is 0. The third-order valence-electron chi connectivity index (χ3n) is 4.73. The fraction of sp³-hybridized carbons (Fsp3) is 0.875. The van der Waals surface area contributed by atoms with E-state index in [2.05, 4.69) is 39.8 Å². The van der Waals surface area contributed by atoms with Gasteiger partial charge in [0, 0.05) is 0 Å². The van der Waals surface area contributed by atoms with Gasteiger partial charge in [0.1, 0.15) is 0 Å². The number of hydrogen-bond donors (Lipinski definition) is 0. The lowest BCUT2D eigenvalue weighted by Crippen LogP contribution is -2.28. The van der Waals surface area contributed by atoms with Crippen molar-refractivity contribution in [2.45, 2.75) is 81.1 Å². The van der Waals surface area contributed by atoms with E-state index in [9.17, 15) is 0 Å². The first kappa shape index (κ1) is 18.1. The molecule has 0 saturated carbocycles. The molecule has 16 heavy (non-hydrogen) atoms. The molecule has 0 atom stereocenters.